The number of amides is 1. The number of hydrogen-bond donors (Lipinski definition) is 2. The average molecular weight is 427 g/mol. The van der Waals surface area contributed by atoms with Crippen LogP contribution in [0.5, 0.6) is 11.5 Å². The first-order chi connectivity index (χ1) is 14.7. The number of carbonyl (C=O) groups is 2. The Morgan fingerprint density at radius 1 is 1.06 bits per heavy atom. The molecule has 0 spiro atoms. The van der Waals surface area contributed by atoms with Crippen LogP contribution in [0, 0.1) is 5.41 Å². The van der Waals surface area contributed by atoms with Gasteiger partial charge in [-0.05, 0) is 55.9 Å². The number of rotatable bonds is 8. The Balaban J connectivity index is 1.68. The first kappa shape index (κ1) is 22.6. The van der Waals surface area contributed by atoms with Gasteiger partial charge in [0.15, 0.2) is 17.3 Å². The molecule has 1 aliphatic rings. The summed E-state index contributed by atoms with van der Waals surface area (Å²) in [7, 11) is 0. The molecule has 7 nitrogen and oxygen atoms in total. The number of benzene rings is 1. The molecule has 0 atom stereocenters. The summed E-state index contributed by atoms with van der Waals surface area (Å²) < 4.78 is 11.2. The zero-order valence-electron chi connectivity index (χ0n) is 18.6. The van der Waals surface area contributed by atoms with Gasteiger partial charge >= 0.3 is 0 Å². The number of Topliss-reactive ketones (excluding diaryl/α,β-unsaturated/α-hetero) is 1. The van der Waals surface area contributed by atoms with Crippen molar-refractivity contribution < 1.29 is 19.1 Å². The lowest BCUT2D eigenvalue weighted by atomic mass is 9.75. The van der Waals surface area contributed by atoms with Crippen molar-refractivity contribution >= 4 is 11.7 Å². The lowest BCUT2D eigenvalue weighted by molar-refractivity contribution is 0.0910. The lowest BCUT2D eigenvalue weighted by Crippen LogP contribution is -2.35. The van der Waals surface area contributed by atoms with Crippen molar-refractivity contribution in [3.63, 3.8) is 0 Å². The van der Waals surface area contributed by atoms with Crippen LogP contribution in [0.25, 0.3) is 0 Å². The van der Waals surface area contributed by atoms with Gasteiger partial charge in [-0.1, -0.05) is 19.9 Å². The van der Waals surface area contributed by atoms with Crippen molar-refractivity contribution in [1.82, 2.24) is 10.3 Å². The Hall–Kier alpha value is -3.09. The van der Waals surface area contributed by atoms with Gasteiger partial charge in [0, 0.05) is 24.2 Å². The van der Waals surface area contributed by atoms with Crippen LogP contribution in [0.1, 0.15) is 66.1 Å². The van der Waals surface area contributed by atoms with Crippen LogP contribution in [0.2, 0.25) is 0 Å². The van der Waals surface area contributed by atoms with Gasteiger partial charge in [0.2, 0.25) is 0 Å². The van der Waals surface area contributed by atoms with Gasteiger partial charge in [0.05, 0.1) is 13.2 Å². The van der Waals surface area contributed by atoms with Gasteiger partial charge in [-0.15, -0.1) is 0 Å². The molecular weight excluding hydrogens is 396 g/mol. The molecule has 1 heterocycles. The van der Waals surface area contributed by atoms with E-state index in [1.807, 2.05) is 45.9 Å². The number of fused-ring (bicyclic) bond motifs is 1. The highest BCUT2D eigenvalue weighted by molar-refractivity contribution is 6.02. The number of hydrogen-bond acceptors (Lipinski definition) is 5. The molecule has 0 radical (unpaired) electrons. The van der Waals surface area contributed by atoms with E-state index in [1.165, 1.54) is 6.07 Å². The zero-order valence-corrected chi connectivity index (χ0v) is 18.6. The topological polar surface area (TPSA) is 97.5 Å². The molecule has 7 heteroatoms. The Morgan fingerprint density at radius 2 is 1.77 bits per heavy atom. The summed E-state index contributed by atoms with van der Waals surface area (Å²) in [6, 6.07) is 7.11. The third-order valence-electron chi connectivity index (χ3n) is 5.27. The number of carbonyl (C=O) groups excluding carboxylic acids is 2. The summed E-state index contributed by atoms with van der Waals surface area (Å²) >= 11 is 0. The summed E-state index contributed by atoms with van der Waals surface area (Å²) in [6.45, 7) is 9.22. The summed E-state index contributed by atoms with van der Waals surface area (Å²) in [5.74, 6) is 0.818. The molecule has 0 aliphatic heterocycles. The largest absolute Gasteiger partial charge is 0.490 e. The first-order valence-corrected chi connectivity index (χ1v) is 10.7. The fourth-order valence-corrected chi connectivity index (χ4v) is 3.86. The van der Waals surface area contributed by atoms with Gasteiger partial charge in [-0.3, -0.25) is 14.4 Å². The van der Waals surface area contributed by atoms with Crippen molar-refractivity contribution in [2.75, 3.05) is 19.8 Å². The van der Waals surface area contributed by atoms with Gasteiger partial charge in [0.1, 0.15) is 5.56 Å². The van der Waals surface area contributed by atoms with Crippen LogP contribution in [-0.2, 0) is 12.8 Å². The molecule has 31 heavy (non-hydrogen) atoms. The van der Waals surface area contributed by atoms with E-state index in [4.69, 9.17) is 9.47 Å². The van der Waals surface area contributed by atoms with Gasteiger partial charge in [-0.25, -0.2) is 0 Å². The van der Waals surface area contributed by atoms with Crippen LogP contribution < -0.4 is 20.3 Å². The van der Waals surface area contributed by atoms with Crippen molar-refractivity contribution in [1.29, 1.82) is 0 Å². The predicted molar refractivity (Wildman–Crippen MR) is 118 cm³/mol. The highest BCUT2D eigenvalue weighted by Gasteiger charge is 2.32. The summed E-state index contributed by atoms with van der Waals surface area (Å²) in [5, 5.41) is 2.78. The summed E-state index contributed by atoms with van der Waals surface area (Å²) in [4.78, 5) is 40.3. The Labute approximate surface area is 182 Å². The predicted octanol–water partition coefficient (Wildman–Crippen LogP) is 3.30. The monoisotopic (exact) mass is 426 g/mol. The first-order valence-electron chi connectivity index (χ1n) is 10.7. The molecule has 1 aromatic heterocycles. The smallest absolute Gasteiger partial charge is 0.261 e. The van der Waals surface area contributed by atoms with Crippen molar-refractivity contribution in [3.8, 4) is 11.5 Å². The molecule has 0 saturated carbocycles. The van der Waals surface area contributed by atoms with Crippen molar-refractivity contribution in [2.45, 2.75) is 47.0 Å². The summed E-state index contributed by atoms with van der Waals surface area (Å²) in [6.07, 6.45) is 1.56. The third kappa shape index (κ3) is 5.34. The third-order valence-corrected chi connectivity index (χ3v) is 5.27. The molecule has 0 bridgehead atoms. The van der Waals surface area contributed by atoms with E-state index < -0.39 is 11.5 Å². The fraction of sp³-hybridized carbons (Fsp3) is 0.458. The normalized spacial score (nSPS) is 14.6. The standard InChI is InChI=1S/C24H30N2O5/c1-5-30-20-8-7-15(11-21(20)31-6-2)9-10-25-22(28)17-12-16-18(26-23(17)29)13-24(3,4)14-19(16)27/h7-8,11-12H,5-6,9-10,13-14H2,1-4H3,(H,25,28)(H,26,29). The molecular formula is C24H30N2O5. The number of ketones is 1. The molecule has 2 aromatic rings. The number of H-pyrrole nitrogens is 1. The van der Waals surface area contributed by atoms with E-state index in [0.717, 1.165) is 5.56 Å². The highest BCUT2D eigenvalue weighted by Crippen LogP contribution is 2.33. The van der Waals surface area contributed by atoms with Crippen LogP contribution >= 0.6 is 0 Å². The lowest BCUT2D eigenvalue weighted by Gasteiger charge is -2.29. The van der Waals surface area contributed by atoms with Crippen LogP contribution in [0.3, 0.4) is 0 Å². The minimum Gasteiger partial charge on any atom is -0.490 e. The second-order valence-corrected chi connectivity index (χ2v) is 8.50. The van der Waals surface area contributed by atoms with E-state index in [2.05, 4.69) is 10.3 Å². The quantitative estimate of drug-likeness (QED) is 0.675. The van der Waals surface area contributed by atoms with Gasteiger partial charge < -0.3 is 19.8 Å². The summed E-state index contributed by atoms with van der Waals surface area (Å²) in [5.41, 5.74) is 1.32. The Kier molecular flexibility index (Phi) is 6.83. The van der Waals surface area contributed by atoms with E-state index in [-0.39, 0.29) is 16.8 Å². The molecule has 1 aliphatic carbocycles. The fourth-order valence-electron chi connectivity index (χ4n) is 3.86. The average Bonchev–Trinajstić information content (AvgIpc) is 2.68. The van der Waals surface area contributed by atoms with Crippen LogP contribution in [0.15, 0.2) is 29.1 Å². The van der Waals surface area contributed by atoms with Crippen molar-refractivity contribution in [2.24, 2.45) is 5.41 Å². The minimum atomic E-state index is -0.488. The van der Waals surface area contributed by atoms with E-state index in [9.17, 15) is 14.4 Å². The molecule has 1 amide bonds. The Bertz CT molecular complexity index is 1040. The Morgan fingerprint density at radius 3 is 2.48 bits per heavy atom. The number of nitrogens with one attached hydrogen (secondary N) is 2. The van der Waals surface area contributed by atoms with Gasteiger partial charge in [0.25, 0.3) is 11.5 Å². The SMILES string of the molecule is CCOc1ccc(CCNC(=O)c2cc3c([nH]c2=O)CC(C)(C)CC3=O)cc1OCC. The van der Waals surface area contributed by atoms with E-state index in [0.29, 0.717) is 61.8 Å². The van der Waals surface area contributed by atoms with E-state index >= 15 is 0 Å². The number of ether oxygens (including phenoxy) is 2. The van der Waals surface area contributed by atoms with Gasteiger partial charge in [-0.2, -0.15) is 0 Å². The van der Waals surface area contributed by atoms with Crippen LogP contribution in [0.4, 0.5) is 0 Å². The molecule has 2 N–H and O–H groups in total. The van der Waals surface area contributed by atoms with Crippen LogP contribution in [-0.4, -0.2) is 36.4 Å². The molecule has 0 fully saturated rings. The maximum Gasteiger partial charge on any atom is 0.261 e. The maximum atomic E-state index is 12.6. The van der Waals surface area contributed by atoms with E-state index in [1.54, 1.807) is 0 Å². The second kappa shape index (κ2) is 9.37. The highest BCUT2D eigenvalue weighted by atomic mass is 16.5. The second-order valence-electron chi connectivity index (χ2n) is 8.50. The molecule has 166 valence electrons. The molecule has 0 unspecified atom stereocenters. The molecule has 0 saturated heterocycles. The molecule has 3 rings (SSSR count). The maximum absolute atomic E-state index is 12.6. The number of aromatic nitrogens is 1. The number of pyridine rings is 1. The zero-order chi connectivity index (χ0) is 22.6. The minimum absolute atomic E-state index is 0.0338. The molecule has 1 aromatic carbocycles. The number of aromatic amines is 1. The van der Waals surface area contributed by atoms with Crippen molar-refractivity contribution in [3.05, 3.63) is 57.0 Å².